The summed E-state index contributed by atoms with van der Waals surface area (Å²) in [5.74, 6) is 1.00. The van der Waals surface area contributed by atoms with E-state index in [-0.39, 0.29) is 18.4 Å². The third-order valence-corrected chi connectivity index (χ3v) is 4.40. The maximum atomic E-state index is 12.7. The Morgan fingerprint density at radius 2 is 1.64 bits per heavy atom. The molecule has 0 saturated carbocycles. The molecule has 1 saturated heterocycles. The van der Waals surface area contributed by atoms with Gasteiger partial charge in [-0.15, -0.1) is 0 Å². The van der Waals surface area contributed by atoms with Crippen LogP contribution in [0.1, 0.15) is 32.3 Å². The van der Waals surface area contributed by atoms with Crippen LogP contribution in [0.3, 0.4) is 0 Å². The van der Waals surface area contributed by atoms with Gasteiger partial charge in [0.15, 0.2) is 6.10 Å². The van der Waals surface area contributed by atoms with Gasteiger partial charge in [-0.2, -0.15) is 0 Å². The Kier molecular flexibility index (Phi) is 6.82. The number of carbonyl (C=O) groups is 2. The van der Waals surface area contributed by atoms with E-state index in [9.17, 15) is 9.59 Å². The summed E-state index contributed by atoms with van der Waals surface area (Å²) in [7, 11) is 1.51. The Hall–Kier alpha value is -2.08. The number of carbonyl (C=O) groups excluding carboxylic acids is 2. The number of amides is 2. The third kappa shape index (κ3) is 4.95. The average Bonchev–Trinajstić information content (AvgIpc) is 2.61. The van der Waals surface area contributed by atoms with Crippen molar-refractivity contribution >= 4 is 11.8 Å². The van der Waals surface area contributed by atoms with Crippen molar-refractivity contribution in [2.45, 2.75) is 32.8 Å². The lowest BCUT2D eigenvalue weighted by molar-refractivity contribution is -0.145. The second-order valence-corrected chi connectivity index (χ2v) is 6.59. The van der Waals surface area contributed by atoms with E-state index in [2.05, 4.69) is 13.8 Å². The fourth-order valence-electron chi connectivity index (χ4n) is 2.95. The van der Waals surface area contributed by atoms with E-state index in [0.29, 0.717) is 32.1 Å². The molecule has 1 aliphatic rings. The molecule has 1 aromatic carbocycles. The quantitative estimate of drug-likeness (QED) is 0.788. The Bertz CT molecular complexity index is 595. The lowest BCUT2D eigenvalue weighted by Crippen LogP contribution is -2.53. The highest BCUT2D eigenvalue weighted by atomic mass is 16.5. The summed E-state index contributed by atoms with van der Waals surface area (Å²) >= 11 is 0. The zero-order chi connectivity index (χ0) is 18.4. The number of hydrogen-bond acceptors (Lipinski definition) is 4. The summed E-state index contributed by atoms with van der Waals surface area (Å²) in [5, 5.41) is 0. The van der Waals surface area contributed by atoms with Crippen molar-refractivity contribution in [2.24, 2.45) is 0 Å². The van der Waals surface area contributed by atoms with Gasteiger partial charge in [0, 0.05) is 33.3 Å². The normalized spacial score (nSPS) is 16.0. The molecule has 1 aliphatic heterocycles. The first-order valence-corrected chi connectivity index (χ1v) is 8.75. The summed E-state index contributed by atoms with van der Waals surface area (Å²) in [4.78, 5) is 28.0. The van der Waals surface area contributed by atoms with E-state index >= 15 is 0 Å². The SMILES string of the molecule is COCC(=O)N1CCN(C(=O)C(C)Oc2ccccc2C(C)C)CC1. The molecule has 0 radical (unpaired) electrons. The number of benzene rings is 1. The maximum Gasteiger partial charge on any atom is 0.263 e. The topological polar surface area (TPSA) is 59.1 Å². The summed E-state index contributed by atoms with van der Waals surface area (Å²) < 4.78 is 10.8. The van der Waals surface area contributed by atoms with Crippen molar-refractivity contribution < 1.29 is 19.1 Å². The molecule has 1 fully saturated rings. The monoisotopic (exact) mass is 348 g/mol. The number of hydrogen-bond donors (Lipinski definition) is 0. The van der Waals surface area contributed by atoms with Gasteiger partial charge in [-0.3, -0.25) is 9.59 Å². The molecular weight excluding hydrogens is 320 g/mol. The van der Waals surface area contributed by atoms with Gasteiger partial charge in [-0.25, -0.2) is 0 Å². The lowest BCUT2D eigenvalue weighted by Gasteiger charge is -2.35. The predicted octanol–water partition coefficient (Wildman–Crippen LogP) is 1.89. The van der Waals surface area contributed by atoms with Gasteiger partial charge in [0.05, 0.1) is 0 Å². The first-order chi connectivity index (χ1) is 11.9. The molecule has 1 atom stereocenters. The molecule has 0 N–H and O–H groups in total. The summed E-state index contributed by atoms with van der Waals surface area (Å²) in [6, 6.07) is 7.82. The molecule has 1 unspecified atom stereocenters. The molecule has 2 rings (SSSR count). The minimum Gasteiger partial charge on any atom is -0.481 e. The van der Waals surface area contributed by atoms with Gasteiger partial charge in [0.1, 0.15) is 12.4 Å². The molecule has 6 nitrogen and oxygen atoms in total. The Balaban J connectivity index is 1.92. The van der Waals surface area contributed by atoms with Gasteiger partial charge in [-0.1, -0.05) is 32.0 Å². The predicted molar refractivity (Wildman–Crippen MR) is 95.7 cm³/mol. The van der Waals surface area contributed by atoms with Crippen LogP contribution in [-0.4, -0.2) is 67.6 Å². The molecule has 138 valence electrons. The zero-order valence-electron chi connectivity index (χ0n) is 15.5. The number of methoxy groups -OCH3 is 1. The van der Waals surface area contributed by atoms with Crippen molar-refractivity contribution in [3.05, 3.63) is 29.8 Å². The minimum atomic E-state index is -0.555. The largest absolute Gasteiger partial charge is 0.481 e. The van der Waals surface area contributed by atoms with Gasteiger partial charge >= 0.3 is 0 Å². The van der Waals surface area contributed by atoms with E-state index in [4.69, 9.17) is 9.47 Å². The molecule has 1 heterocycles. The van der Waals surface area contributed by atoms with Gasteiger partial charge in [-0.05, 0) is 24.5 Å². The number of para-hydroxylation sites is 1. The Morgan fingerprint density at radius 1 is 1.04 bits per heavy atom. The van der Waals surface area contributed by atoms with Crippen LogP contribution >= 0.6 is 0 Å². The number of nitrogens with zero attached hydrogens (tertiary/aromatic N) is 2. The molecule has 1 aromatic rings. The molecule has 0 aliphatic carbocycles. The maximum absolute atomic E-state index is 12.7. The summed E-state index contributed by atoms with van der Waals surface area (Å²) in [6.45, 7) is 8.17. The molecular formula is C19H28N2O4. The first-order valence-electron chi connectivity index (χ1n) is 8.75. The highest BCUT2D eigenvalue weighted by Gasteiger charge is 2.28. The van der Waals surface area contributed by atoms with Crippen LogP contribution in [0.15, 0.2) is 24.3 Å². The Labute approximate surface area is 149 Å². The van der Waals surface area contributed by atoms with Crippen LogP contribution in [0.2, 0.25) is 0 Å². The minimum absolute atomic E-state index is 0.0373. The van der Waals surface area contributed by atoms with E-state index in [1.807, 2.05) is 24.3 Å². The number of rotatable bonds is 6. The smallest absolute Gasteiger partial charge is 0.263 e. The van der Waals surface area contributed by atoms with Crippen LogP contribution < -0.4 is 4.74 Å². The second-order valence-electron chi connectivity index (χ2n) is 6.59. The molecule has 0 spiro atoms. The zero-order valence-corrected chi connectivity index (χ0v) is 15.5. The van der Waals surface area contributed by atoms with Gasteiger partial charge in [0.2, 0.25) is 5.91 Å². The van der Waals surface area contributed by atoms with Crippen molar-refractivity contribution in [1.29, 1.82) is 0 Å². The summed E-state index contributed by atoms with van der Waals surface area (Å²) in [6.07, 6.45) is -0.555. The number of ether oxygens (including phenoxy) is 2. The van der Waals surface area contributed by atoms with E-state index in [0.717, 1.165) is 11.3 Å². The fourth-order valence-corrected chi connectivity index (χ4v) is 2.95. The molecule has 25 heavy (non-hydrogen) atoms. The standard InChI is InChI=1S/C19H28N2O4/c1-14(2)16-7-5-6-8-17(16)25-15(3)19(23)21-11-9-20(10-12-21)18(22)13-24-4/h5-8,14-15H,9-13H2,1-4H3. The lowest BCUT2D eigenvalue weighted by atomic mass is 10.0. The fraction of sp³-hybridized carbons (Fsp3) is 0.579. The number of piperazine rings is 1. The van der Waals surface area contributed by atoms with E-state index in [1.54, 1.807) is 16.7 Å². The van der Waals surface area contributed by atoms with Gasteiger partial charge in [0.25, 0.3) is 5.91 Å². The van der Waals surface area contributed by atoms with Crippen LogP contribution in [0.5, 0.6) is 5.75 Å². The highest BCUT2D eigenvalue weighted by Crippen LogP contribution is 2.27. The molecule has 0 bridgehead atoms. The van der Waals surface area contributed by atoms with Crippen LogP contribution in [0.4, 0.5) is 0 Å². The first kappa shape index (κ1) is 19.2. The molecule has 2 amide bonds. The van der Waals surface area contributed by atoms with Crippen molar-refractivity contribution in [2.75, 3.05) is 39.9 Å². The van der Waals surface area contributed by atoms with E-state index < -0.39 is 6.10 Å². The van der Waals surface area contributed by atoms with Crippen LogP contribution in [-0.2, 0) is 14.3 Å². The average molecular weight is 348 g/mol. The Morgan fingerprint density at radius 3 is 2.24 bits per heavy atom. The van der Waals surface area contributed by atoms with Crippen molar-refractivity contribution in [3.63, 3.8) is 0 Å². The molecule has 6 heteroatoms. The van der Waals surface area contributed by atoms with Crippen molar-refractivity contribution in [3.8, 4) is 5.75 Å². The second kappa shape index (κ2) is 8.85. The van der Waals surface area contributed by atoms with Crippen molar-refractivity contribution in [1.82, 2.24) is 9.80 Å². The van der Waals surface area contributed by atoms with Gasteiger partial charge < -0.3 is 19.3 Å². The third-order valence-electron chi connectivity index (χ3n) is 4.40. The van der Waals surface area contributed by atoms with Crippen LogP contribution in [0, 0.1) is 0 Å². The van der Waals surface area contributed by atoms with E-state index in [1.165, 1.54) is 7.11 Å². The summed E-state index contributed by atoms with van der Waals surface area (Å²) in [5.41, 5.74) is 1.09. The highest BCUT2D eigenvalue weighted by molar-refractivity contribution is 5.82. The molecule has 0 aromatic heterocycles. The van der Waals surface area contributed by atoms with Crippen LogP contribution in [0.25, 0.3) is 0 Å².